The van der Waals surface area contributed by atoms with E-state index in [1.54, 1.807) is 6.20 Å². The maximum atomic E-state index is 5.33. The van der Waals surface area contributed by atoms with Gasteiger partial charge in [0.05, 0.1) is 18.8 Å². The molecule has 70 valence electrons. The van der Waals surface area contributed by atoms with Crippen molar-refractivity contribution in [2.45, 2.75) is 19.5 Å². The monoisotopic (exact) mass is 179 g/mol. The molecule has 0 saturated heterocycles. The van der Waals surface area contributed by atoms with Crippen molar-refractivity contribution < 1.29 is 4.42 Å². The number of nitrogens with two attached hydrogens (primary N) is 1. The SMILES string of the molecule is C#CC(C)N(C)Cc1cnc(N)o1. The molecule has 4 heteroatoms. The molecule has 0 aliphatic carbocycles. The van der Waals surface area contributed by atoms with Gasteiger partial charge in [0.25, 0.3) is 6.01 Å². The van der Waals surface area contributed by atoms with E-state index in [1.165, 1.54) is 0 Å². The molecule has 0 aliphatic heterocycles. The zero-order valence-electron chi connectivity index (χ0n) is 7.82. The normalized spacial score (nSPS) is 12.8. The summed E-state index contributed by atoms with van der Waals surface area (Å²) in [6.45, 7) is 2.56. The smallest absolute Gasteiger partial charge is 0.292 e. The van der Waals surface area contributed by atoms with Crippen molar-refractivity contribution in [3.8, 4) is 12.3 Å². The third kappa shape index (κ3) is 2.49. The number of nitrogen functional groups attached to an aromatic ring is 1. The van der Waals surface area contributed by atoms with E-state index in [9.17, 15) is 0 Å². The minimum Gasteiger partial charge on any atom is -0.428 e. The molecule has 0 aromatic carbocycles. The molecular formula is C9H13N3O. The van der Waals surface area contributed by atoms with Gasteiger partial charge in [-0.1, -0.05) is 5.92 Å². The minimum absolute atomic E-state index is 0.0753. The van der Waals surface area contributed by atoms with Crippen molar-refractivity contribution in [2.24, 2.45) is 0 Å². The molecule has 0 saturated carbocycles. The summed E-state index contributed by atoms with van der Waals surface area (Å²) in [4.78, 5) is 5.76. The largest absolute Gasteiger partial charge is 0.428 e. The maximum Gasteiger partial charge on any atom is 0.292 e. The van der Waals surface area contributed by atoms with E-state index in [4.69, 9.17) is 16.6 Å². The van der Waals surface area contributed by atoms with Gasteiger partial charge in [-0.15, -0.1) is 6.42 Å². The summed E-state index contributed by atoms with van der Waals surface area (Å²) < 4.78 is 5.11. The van der Waals surface area contributed by atoms with Crippen LogP contribution < -0.4 is 5.73 Å². The number of hydrogen-bond donors (Lipinski definition) is 1. The highest BCUT2D eigenvalue weighted by atomic mass is 16.4. The first-order valence-corrected chi connectivity index (χ1v) is 4.00. The van der Waals surface area contributed by atoms with E-state index in [1.807, 2.05) is 18.9 Å². The van der Waals surface area contributed by atoms with Gasteiger partial charge in [-0.25, -0.2) is 4.98 Å². The molecule has 0 aliphatic rings. The molecule has 1 aromatic rings. The lowest BCUT2D eigenvalue weighted by Gasteiger charge is -2.17. The lowest BCUT2D eigenvalue weighted by Crippen LogP contribution is -2.26. The summed E-state index contributed by atoms with van der Waals surface area (Å²) >= 11 is 0. The number of terminal acetylenes is 1. The highest BCUT2D eigenvalue weighted by molar-refractivity contribution is 5.11. The third-order valence-electron chi connectivity index (χ3n) is 1.88. The van der Waals surface area contributed by atoms with Crippen LogP contribution in [0, 0.1) is 12.3 Å². The average Bonchev–Trinajstić information content (AvgIpc) is 2.49. The van der Waals surface area contributed by atoms with E-state index < -0.39 is 0 Å². The standard InChI is InChI=1S/C9H13N3O/c1-4-7(2)12(3)6-8-5-11-9(10)13-8/h1,5,7H,6H2,2-3H3,(H2,10,11). The molecule has 0 spiro atoms. The van der Waals surface area contributed by atoms with E-state index in [-0.39, 0.29) is 12.1 Å². The third-order valence-corrected chi connectivity index (χ3v) is 1.88. The number of anilines is 1. The van der Waals surface area contributed by atoms with E-state index in [2.05, 4.69) is 10.9 Å². The lowest BCUT2D eigenvalue weighted by atomic mass is 10.3. The van der Waals surface area contributed by atoms with Gasteiger partial charge in [-0.05, 0) is 14.0 Å². The molecule has 1 atom stereocenters. The molecule has 13 heavy (non-hydrogen) atoms. The van der Waals surface area contributed by atoms with Crippen LogP contribution in [0.3, 0.4) is 0 Å². The van der Waals surface area contributed by atoms with Gasteiger partial charge in [0.2, 0.25) is 0 Å². The van der Waals surface area contributed by atoms with Crippen LogP contribution in [0.2, 0.25) is 0 Å². The van der Waals surface area contributed by atoms with Crippen LogP contribution in [0.15, 0.2) is 10.6 Å². The zero-order chi connectivity index (χ0) is 9.84. The average molecular weight is 179 g/mol. The van der Waals surface area contributed by atoms with Gasteiger partial charge < -0.3 is 10.2 Å². The summed E-state index contributed by atoms with van der Waals surface area (Å²) in [6, 6.07) is 0.267. The maximum absolute atomic E-state index is 5.33. The van der Waals surface area contributed by atoms with Crippen LogP contribution in [0.5, 0.6) is 0 Å². The number of hydrogen-bond acceptors (Lipinski definition) is 4. The fourth-order valence-corrected chi connectivity index (χ4v) is 0.906. The molecule has 0 amide bonds. The zero-order valence-corrected chi connectivity index (χ0v) is 7.82. The predicted octanol–water partition coefficient (Wildman–Crippen LogP) is 0.710. The Bertz CT molecular complexity index is 313. The Kier molecular flexibility index (Phi) is 2.93. The van der Waals surface area contributed by atoms with Gasteiger partial charge in [0.15, 0.2) is 0 Å². The van der Waals surface area contributed by atoms with Gasteiger partial charge >= 0.3 is 0 Å². The summed E-state index contributed by atoms with van der Waals surface area (Å²) in [5.41, 5.74) is 5.33. The van der Waals surface area contributed by atoms with E-state index >= 15 is 0 Å². The molecule has 0 radical (unpaired) electrons. The Morgan fingerprint density at radius 1 is 1.85 bits per heavy atom. The van der Waals surface area contributed by atoms with Crippen molar-refractivity contribution >= 4 is 6.01 Å². The molecule has 0 fully saturated rings. The Labute approximate surface area is 77.7 Å². The minimum atomic E-state index is 0.0753. The van der Waals surface area contributed by atoms with Crippen molar-refractivity contribution in [2.75, 3.05) is 12.8 Å². The summed E-state index contributed by atoms with van der Waals surface area (Å²) in [6.07, 6.45) is 6.88. The highest BCUT2D eigenvalue weighted by Crippen LogP contribution is 2.08. The fourth-order valence-electron chi connectivity index (χ4n) is 0.906. The van der Waals surface area contributed by atoms with Crippen LogP contribution >= 0.6 is 0 Å². The quantitative estimate of drug-likeness (QED) is 0.694. The number of aromatic nitrogens is 1. The number of rotatable bonds is 3. The summed E-state index contributed by atoms with van der Waals surface area (Å²) in [5, 5.41) is 0. The second kappa shape index (κ2) is 3.97. The van der Waals surface area contributed by atoms with Crippen LogP contribution in [0.25, 0.3) is 0 Å². The highest BCUT2D eigenvalue weighted by Gasteiger charge is 2.09. The Hall–Kier alpha value is -1.47. The molecule has 2 N–H and O–H groups in total. The second-order valence-corrected chi connectivity index (χ2v) is 2.92. The molecule has 1 aromatic heterocycles. The van der Waals surface area contributed by atoms with Crippen LogP contribution in [-0.4, -0.2) is 23.0 Å². The number of oxazole rings is 1. The van der Waals surface area contributed by atoms with Crippen LogP contribution in [0.1, 0.15) is 12.7 Å². The van der Waals surface area contributed by atoms with Gasteiger partial charge in [-0.2, -0.15) is 0 Å². The van der Waals surface area contributed by atoms with Crippen molar-refractivity contribution in [1.29, 1.82) is 0 Å². The van der Waals surface area contributed by atoms with Gasteiger partial charge in [0, 0.05) is 0 Å². The first-order chi connectivity index (χ1) is 6.13. The molecule has 4 nitrogen and oxygen atoms in total. The first-order valence-electron chi connectivity index (χ1n) is 4.00. The topological polar surface area (TPSA) is 55.3 Å². The predicted molar refractivity (Wildman–Crippen MR) is 50.7 cm³/mol. The molecular weight excluding hydrogens is 166 g/mol. The Morgan fingerprint density at radius 3 is 3.00 bits per heavy atom. The first kappa shape index (κ1) is 9.62. The van der Waals surface area contributed by atoms with Gasteiger partial charge in [0.1, 0.15) is 5.76 Å². The van der Waals surface area contributed by atoms with E-state index in [0.717, 1.165) is 5.76 Å². The van der Waals surface area contributed by atoms with Crippen molar-refractivity contribution in [3.63, 3.8) is 0 Å². The van der Waals surface area contributed by atoms with Crippen molar-refractivity contribution in [1.82, 2.24) is 9.88 Å². The molecule has 0 bridgehead atoms. The summed E-state index contributed by atoms with van der Waals surface area (Å²) in [5.74, 6) is 3.35. The Balaban J connectivity index is 2.55. The fraction of sp³-hybridized carbons (Fsp3) is 0.444. The van der Waals surface area contributed by atoms with Crippen molar-refractivity contribution in [3.05, 3.63) is 12.0 Å². The van der Waals surface area contributed by atoms with Crippen LogP contribution in [0.4, 0.5) is 6.01 Å². The molecule has 1 unspecified atom stereocenters. The van der Waals surface area contributed by atoms with E-state index in [0.29, 0.717) is 6.54 Å². The molecule has 1 heterocycles. The number of nitrogens with zero attached hydrogens (tertiary/aromatic N) is 2. The Morgan fingerprint density at radius 2 is 2.54 bits per heavy atom. The lowest BCUT2D eigenvalue weighted by molar-refractivity contribution is 0.271. The second-order valence-electron chi connectivity index (χ2n) is 2.92. The van der Waals surface area contributed by atoms with Gasteiger partial charge in [-0.3, -0.25) is 4.90 Å². The summed E-state index contributed by atoms with van der Waals surface area (Å²) in [7, 11) is 1.92. The molecule has 1 rings (SSSR count). The van der Waals surface area contributed by atoms with Crippen LogP contribution in [-0.2, 0) is 6.54 Å².